The lowest BCUT2D eigenvalue weighted by molar-refractivity contribution is -0.121. The highest BCUT2D eigenvalue weighted by Gasteiger charge is 2.02. The number of rotatable bonds is 6. The fourth-order valence-electron chi connectivity index (χ4n) is 1.07. The zero-order chi connectivity index (χ0) is 10.3. The second kappa shape index (κ2) is 6.89. The molecule has 0 radical (unpaired) electrons. The quantitative estimate of drug-likeness (QED) is 0.630. The summed E-state index contributed by atoms with van der Waals surface area (Å²) in [4.78, 5) is 13.3. The van der Waals surface area contributed by atoms with Gasteiger partial charge in [-0.2, -0.15) is 0 Å². The van der Waals surface area contributed by atoms with Crippen molar-refractivity contribution in [3.63, 3.8) is 0 Å². The summed E-state index contributed by atoms with van der Waals surface area (Å²) in [6.07, 6.45) is 1.67. The van der Waals surface area contributed by atoms with Crippen LogP contribution in [-0.4, -0.2) is 38.0 Å². The molecule has 78 valence electrons. The van der Waals surface area contributed by atoms with Gasteiger partial charge in [-0.1, -0.05) is 13.8 Å². The third kappa shape index (κ3) is 9.34. The Morgan fingerprint density at radius 1 is 1.38 bits per heavy atom. The Kier molecular flexibility index (Phi) is 6.59. The molecule has 0 saturated carbocycles. The van der Waals surface area contributed by atoms with E-state index in [0.717, 1.165) is 19.5 Å². The molecule has 0 aromatic rings. The summed E-state index contributed by atoms with van der Waals surface area (Å²) < 4.78 is 0. The zero-order valence-corrected chi connectivity index (χ0v) is 9.26. The number of amides is 1. The average Bonchev–Trinajstić information content (AvgIpc) is 1.96. The Morgan fingerprint density at radius 2 is 2.00 bits per heavy atom. The summed E-state index contributed by atoms with van der Waals surface area (Å²) in [5.74, 6) is 0.627. The lowest BCUT2D eigenvalue weighted by Gasteiger charge is -2.10. The smallest absolute Gasteiger partial charge is 0.220 e. The molecule has 0 atom stereocenters. The largest absolute Gasteiger partial charge is 0.356 e. The Balaban J connectivity index is 3.27. The summed E-state index contributed by atoms with van der Waals surface area (Å²) in [6, 6.07) is 0. The fraction of sp³-hybridized carbons (Fsp3) is 0.900. The lowest BCUT2D eigenvalue weighted by Crippen LogP contribution is -2.27. The maximum Gasteiger partial charge on any atom is 0.220 e. The van der Waals surface area contributed by atoms with Crippen LogP contribution in [0.2, 0.25) is 0 Å². The van der Waals surface area contributed by atoms with E-state index in [2.05, 4.69) is 24.1 Å². The first-order chi connectivity index (χ1) is 6.02. The van der Waals surface area contributed by atoms with E-state index in [1.54, 1.807) is 0 Å². The van der Waals surface area contributed by atoms with Crippen LogP contribution >= 0.6 is 0 Å². The van der Waals surface area contributed by atoms with Crippen molar-refractivity contribution < 1.29 is 4.79 Å². The van der Waals surface area contributed by atoms with Gasteiger partial charge in [0, 0.05) is 13.0 Å². The molecule has 3 nitrogen and oxygen atoms in total. The second-order valence-corrected chi connectivity index (χ2v) is 4.10. The molecule has 0 aliphatic carbocycles. The monoisotopic (exact) mass is 186 g/mol. The minimum atomic E-state index is 0.175. The average molecular weight is 186 g/mol. The molecule has 0 bridgehead atoms. The Hall–Kier alpha value is -0.570. The lowest BCUT2D eigenvalue weighted by atomic mass is 10.1. The van der Waals surface area contributed by atoms with Crippen LogP contribution in [0.15, 0.2) is 0 Å². The third-order valence-corrected chi connectivity index (χ3v) is 1.70. The minimum Gasteiger partial charge on any atom is -0.356 e. The molecule has 1 amide bonds. The molecule has 13 heavy (non-hydrogen) atoms. The van der Waals surface area contributed by atoms with Gasteiger partial charge < -0.3 is 10.2 Å². The second-order valence-electron chi connectivity index (χ2n) is 4.10. The minimum absolute atomic E-state index is 0.175. The molecule has 0 aromatic heterocycles. The summed E-state index contributed by atoms with van der Waals surface area (Å²) in [5, 5.41) is 2.90. The van der Waals surface area contributed by atoms with Gasteiger partial charge in [0.1, 0.15) is 0 Å². The van der Waals surface area contributed by atoms with E-state index in [4.69, 9.17) is 0 Å². The van der Waals surface area contributed by atoms with Crippen LogP contribution in [0.4, 0.5) is 0 Å². The van der Waals surface area contributed by atoms with Crippen molar-refractivity contribution in [3.05, 3.63) is 0 Å². The van der Waals surface area contributed by atoms with Gasteiger partial charge in [0.2, 0.25) is 5.91 Å². The van der Waals surface area contributed by atoms with E-state index < -0.39 is 0 Å². The number of carbonyl (C=O) groups excluding carboxylic acids is 1. The Bertz CT molecular complexity index is 144. The molecule has 3 heteroatoms. The highest BCUT2D eigenvalue weighted by Crippen LogP contribution is 1.97. The number of hydrogen-bond acceptors (Lipinski definition) is 2. The molecule has 0 fully saturated rings. The highest BCUT2D eigenvalue weighted by atomic mass is 16.1. The first-order valence-corrected chi connectivity index (χ1v) is 4.93. The van der Waals surface area contributed by atoms with E-state index >= 15 is 0 Å². The standard InChI is InChI=1S/C10H22N2O/c1-9(2)8-10(13)11-6-5-7-12(3)4/h9H,5-8H2,1-4H3,(H,11,13). The molecule has 0 saturated heterocycles. The summed E-state index contributed by atoms with van der Waals surface area (Å²) in [5.41, 5.74) is 0. The van der Waals surface area contributed by atoms with Crippen LogP contribution in [0.25, 0.3) is 0 Å². The van der Waals surface area contributed by atoms with Gasteiger partial charge in [0.15, 0.2) is 0 Å². The van der Waals surface area contributed by atoms with E-state index in [1.807, 2.05) is 14.1 Å². The topological polar surface area (TPSA) is 32.3 Å². The summed E-state index contributed by atoms with van der Waals surface area (Å²) in [7, 11) is 4.08. The molecular weight excluding hydrogens is 164 g/mol. The zero-order valence-electron chi connectivity index (χ0n) is 9.26. The number of nitrogens with zero attached hydrogens (tertiary/aromatic N) is 1. The SMILES string of the molecule is CC(C)CC(=O)NCCCN(C)C. The van der Waals surface area contributed by atoms with Gasteiger partial charge >= 0.3 is 0 Å². The molecule has 1 N–H and O–H groups in total. The van der Waals surface area contributed by atoms with Crippen LogP contribution in [-0.2, 0) is 4.79 Å². The maximum atomic E-state index is 11.2. The van der Waals surface area contributed by atoms with E-state index in [9.17, 15) is 4.79 Å². The van der Waals surface area contributed by atoms with E-state index in [1.165, 1.54) is 0 Å². The van der Waals surface area contributed by atoms with Gasteiger partial charge in [-0.25, -0.2) is 0 Å². The number of hydrogen-bond donors (Lipinski definition) is 1. The van der Waals surface area contributed by atoms with Gasteiger partial charge in [0.05, 0.1) is 0 Å². The first kappa shape index (κ1) is 12.4. The Labute approximate surface area is 81.5 Å². The summed E-state index contributed by atoms with van der Waals surface area (Å²) in [6.45, 7) is 5.94. The first-order valence-electron chi connectivity index (χ1n) is 4.93. The predicted octanol–water partition coefficient (Wildman–Crippen LogP) is 1.10. The third-order valence-electron chi connectivity index (χ3n) is 1.70. The van der Waals surface area contributed by atoms with Crippen LogP contribution in [0.1, 0.15) is 26.7 Å². The van der Waals surface area contributed by atoms with Crippen molar-refractivity contribution in [2.45, 2.75) is 26.7 Å². The van der Waals surface area contributed by atoms with Crippen molar-refractivity contribution >= 4 is 5.91 Å². The van der Waals surface area contributed by atoms with Gasteiger partial charge in [0.25, 0.3) is 0 Å². The number of carbonyl (C=O) groups is 1. The molecular formula is C10H22N2O. The highest BCUT2D eigenvalue weighted by molar-refractivity contribution is 5.75. The van der Waals surface area contributed by atoms with Crippen molar-refractivity contribution in [1.82, 2.24) is 10.2 Å². The molecule has 0 aliphatic rings. The molecule has 0 rings (SSSR count). The van der Waals surface area contributed by atoms with Crippen LogP contribution in [0, 0.1) is 5.92 Å². The summed E-state index contributed by atoms with van der Waals surface area (Å²) >= 11 is 0. The Morgan fingerprint density at radius 3 is 2.46 bits per heavy atom. The maximum absolute atomic E-state index is 11.2. The van der Waals surface area contributed by atoms with Crippen molar-refractivity contribution in [3.8, 4) is 0 Å². The molecule has 0 aliphatic heterocycles. The van der Waals surface area contributed by atoms with Crippen LogP contribution in [0.5, 0.6) is 0 Å². The van der Waals surface area contributed by atoms with Crippen LogP contribution in [0.3, 0.4) is 0 Å². The van der Waals surface area contributed by atoms with E-state index in [-0.39, 0.29) is 5.91 Å². The predicted molar refractivity (Wildman–Crippen MR) is 55.6 cm³/mol. The van der Waals surface area contributed by atoms with Crippen molar-refractivity contribution in [1.29, 1.82) is 0 Å². The molecule has 0 aromatic carbocycles. The molecule has 0 spiro atoms. The molecule has 0 heterocycles. The van der Waals surface area contributed by atoms with Gasteiger partial charge in [-0.15, -0.1) is 0 Å². The number of nitrogens with one attached hydrogen (secondary N) is 1. The fourth-order valence-corrected chi connectivity index (χ4v) is 1.07. The van der Waals surface area contributed by atoms with E-state index in [0.29, 0.717) is 12.3 Å². The normalized spacial score (nSPS) is 10.9. The van der Waals surface area contributed by atoms with Gasteiger partial charge in [-0.05, 0) is 33.0 Å². The van der Waals surface area contributed by atoms with Crippen molar-refractivity contribution in [2.24, 2.45) is 5.92 Å². The van der Waals surface area contributed by atoms with Gasteiger partial charge in [-0.3, -0.25) is 4.79 Å². The molecule has 0 unspecified atom stereocenters. The van der Waals surface area contributed by atoms with Crippen LogP contribution < -0.4 is 5.32 Å². The van der Waals surface area contributed by atoms with Crippen molar-refractivity contribution in [2.75, 3.05) is 27.2 Å².